The smallest absolute Gasteiger partial charge is 0.274 e. The average Bonchev–Trinajstić information content (AvgIpc) is 3.28. The van der Waals surface area contributed by atoms with Gasteiger partial charge < -0.3 is 11.1 Å². The first-order valence-corrected chi connectivity index (χ1v) is 8.91. The summed E-state index contributed by atoms with van der Waals surface area (Å²) in [5, 5.41) is 13.5. The van der Waals surface area contributed by atoms with Crippen LogP contribution in [0.5, 0.6) is 0 Å². The summed E-state index contributed by atoms with van der Waals surface area (Å²) >= 11 is 0. The summed E-state index contributed by atoms with van der Waals surface area (Å²) in [6.45, 7) is 2.31. The van der Waals surface area contributed by atoms with Gasteiger partial charge >= 0.3 is 0 Å². The maximum Gasteiger partial charge on any atom is 0.274 e. The van der Waals surface area contributed by atoms with Gasteiger partial charge in [0.05, 0.1) is 16.9 Å². The number of nitrogens with zero attached hydrogens (tertiary/aromatic N) is 4. The van der Waals surface area contributed by atoms with Crippen LogP contribution in [0.25, 0.3) is 16.5 Å². The van der Waals surface area contributed by atoms with Crippen LogP contribution in [0.2, 0.25) is 0 Å². The van der Waals surface area contributed by atoms with E-state index in [0.717, 1.165) is 42.1 Å². The van der Waals surface area contributed by atoms with E-state index >= 15 is 0 Å². The summed E-state index contributed by atoms with van der Waals surface area (Å²) in [4.78, 5) is 17.0. The van der Waals surface area contributed by atoms with Crippen molar-refractivity contribution in [3.05, 3.63) is 48.0 Å². The Morgan fingerprint density at radius 2 is 2.00 bits per heavy atom. The highest BCUT2D eigenvalue weighted by atomic mass is 35.5. The van der Waals surface area contributed by atoms with Gasteiger partial charge in [-0.25, -0.2) is 4.68 Å². The molecule has 0 aliphatic heterocycles. The number of halogens is 2. The van der Waals surface area contributed by atoms with Crippen LogP contribution in [0, 0.1) is 6.92 Å². The van der Waals surface area contributed by atoms with Crippen molar-refractivity contribution in [2.24, 2.45) is 5.73 Å². The molecule has 3 aromatic rings. The predicted octanol–water partition coefficient (Wildman–Crippen LogP) is 2.97. The second-order valence-electron chi connectivity index (χ2n) is 6.95. The van der Waals surface area contributed by atoms with Crippen molar-refractivity contribution in [3.63, 3.8) is 0 Å². The molecule has 1 fully saturated rings. The van der Waals surface area contributed by atoms with Gasteiger partial charge in [0, 0.05) is 29.7 Å². The van der Waals surface area contributed by atoms with Crippen LogP contribution in [0.1, 0.15) is 41.9 Å². The van der Waals surface area contributed by atoms with Gasteiger partial charge in [-0.3, -0.25) is 9.78 Å². The minimum atomic E-state index is -0.307. The number of carbonyl (C=O) groups is 1. The number of amides is 1. The third kappa shape index (κ3) is 3.83. The van der Waals surface area contributed by atoms with Crippen molar-refractivity contribution < 1.29 is 4.79 Å². The summed E-state index contributed by atoms with van der Waals surface area (Å²) in [5.74, 6) is -0.206. The minimum Gasteiger partial charge on any atom is -0.344 e. The monoisotopic (exact) mass is 422 g/mol. The Kier molecular flexibility index (Phi) is 6.98. The zero-order valence-electron chi connectivity index (χ0n) is 15.6. The lowest BCUT2D eigenvalue weighted by Gasteiger charge is -2.28. The highest BCUT2D eigenvalue weighted by Crippen LogP contribution is 2.29. The van der Waals surface area contributed by atoms with Crippen molar-refractivity contribution >= 4 is 41.5 Å². The Balaban J connectivity index is 0.00000140. The molecule has 1 amide bonds. The number of nitrogens with two attached hydrogens (primary N) is 1. The van der Waals surface area contributed by atoms with Crippen molar-refractivity contribution in [1.82, 2.24) is 25.3 Å². The molecule has 1 aliphatic carbocycles. The first-order valence-electron chi connectivity index (χ1n) is 8.91. The highest BCUT2D eigenvalue weighted by molar-refractivity contribution is 5.94. The Morgan fingerprint density at radius 1 is 1.25 bits per heavy atom. The highest BCUT2D eigenvalue weighted by Gasteiger charge is 2.35. The molecule has 4 rings (SSSR count). The molecule has 9 heteroatoms. The minimum absolute atomic E-state index is 0. The fourth-order valence-electron chi connectivity index (χ4n) is 3.79. The maximum absolute atomic E-state index is 12.8. The molecule has 0 atom stereocenters. The molecule has 150 valence electrons. The summed E-state index contributed by atoms with van der Waals surface area (Å²) in [6.07, 6.45) is 7.57. The lowest BCUT2D eigenvalue weighted by Crippen LogP contribution is -2.51. The van der Waals surface area contributed by atoms with E-state index < -0.39 is 0 Å². The molecule has 2 heterocycles. The Hall–Kier alpha value is -2.22. The number of nitrogens with one attached hydrogen (secondary N) is 1. The van der Waals surface area contributed by atoms with E-state index in [0.29, 0.717) is 17.9 Å². The molecule has 3 N–H and O–H groups in total. The second-order valence-corrected chi connectivity index (χ2v) is 6.95. The SMILES string of the molecule is Cc1c(C(=O)NC2(CN)CCCC2)nnn1-c1cccc2cnccc12.Cl.Cl. The number of carbonyl (C=O) groups excluding carboxylic acids is 1. The van der Waals surface area contributed by atoms with Gasteiger partial charge in [-0.05, 0) is 31.9 Å². The van der Waals surface area contributed by atoms with Gasteiger partial charge in [-0.2, -0.15) is 0 Å². The van der Waals surface area contributed by atoms with Gasteiger partial charge in [0.2, 0.25) is 0 Å². The number of aromatic nitrogens is 4. The van der Waals surface area contributed by atoms with Crippen LogP contribution < -0.4 is 11.1 Å². The van der Waals surface area contributed by atoms with Crippen LogP contribution in [-0.4, -0.2) is 38.0 Å². The van der Waals surface area contributed by atoms with E-state index in [9.17, 15) is 4.79 Å². The van der Waals surface area contributed by atoms with E-state index in [1.807, 2.05) is 37.4 Å². The first kappa shape index (κ1) is 22.1. The molecule has 7 nitrogen and oxygen atoms in total. The third-order valence-electron chi connectivity index (χ3n) is 5.33. The second kappa shape index (κ2) is 8.86. The van der Waals surface area contributed by atoms with Crippen LogP contribution in [-0.2, 0) is 0 Å². The van der Waals surface area contributed by atoms with Gasteiger partial charge in [-0.15, -0.1) is 29.9 Å². The van der Waals surface area contributed by atoms with Crippen LogP contribution in [0.4, 0.5) is 0 Å². The largest absolute Gasteiger partial charge is 0.344 e. The Labute approximate surface area is 175 Å². The summed E-state index contributed by atoms with van der Waals surface area (Å²) < 4.78 is 1.71. The number of pyridine rings is 1. The number of fused-ring (bicyclic) bond motifs is 1. The van der Waals surface area contributed by atoms with Gasteiger partial charge in [-0.1, -0.05) is 30.2 Å². The molecular weight excluding hydrogens is 399 g/mol. The van der Waals surface area contributed by atoms with Crippen molar-refractivity contribution in [2.75, 3.05) is 6.54 Å². The standard InChI is InChI=1S/C19H22N6O.2ClH/c1-13-17(18(26)22-19(12-20)8-2-3-9-19)23-24-25(13)16-6-4-5-14-11-21-10-7-15(14)16;;/h4-7,10-11H,2-3,8-9,12,20H2,1H3,(H,22,26);2*1H. The first-order chi connectivity index (χ1) is 12.6. The van der Waals surface area contributed by atoms with Crippen LogP contribution in [0.15, 0.2) is 36.7 Å². The number of hydrogen-bond acceptors (Lipinski definition) is 5. The van der Waals surface area contributed by atoms with Gasteiger partial charge in [0.1, 0.15) is 0 Å². The lowest BCUT2D eigenvalue weighted by atomic mass is 9.97. The van der Waals surface area contributed by atoms with Crippen molar-refractivity contribution in [1.29, 1.82) is 0 Å². The fourth-order valence-corrected chi connectivity index (χ4v) is 3.79. The molecule has 28 heavy (non-hydrogen) atoms. The van der Waals surface area contributed by atoms with Crippen molar-refractivity contribution in [2.45, 2.75) is 38.1 Å². The molecule has 0 unspecified atom stereocenters. The van der Waals surface area contributed by atoms with Gasteiger partial charge in [0.15, 0.2) is 5.69 Å². The van der Waals surface area contributed by atoms with E-state index in [-0.39, 0.29) is 36.3 Å². The van der Waals surface area contributed by atoms with E-state index in [4.69, 9.17) is 5.73 Å². The van der Waals surface area contributed by atoms with E-state index in [1.165, 1.54) is 0 Å². The molecule has 1 saturated carbocycles. The average molecular weight is 423 g/mol. The normalized spacial score (nSPS) is 14.9. The molecule has 1 aliphatic rings. The lowest BCUT2D eigenvalue weighted by molar-refractivity contribution is 0.0897. The predicted molar refractivity (Wildman–Crippen MR) is 114 cm³/mol. The zero-order valence-corrected chi connectivity index (χ0v) is 17.2. The summed E-state index contributed by atoms with van der Waals surface area (Å²) in [7, 11) is 0. The summed E-state index contributed by atoms with van der Waals surface area (Å²) in [6, 6.07) is 7.84. The molecular formula is C19H24Cl2N6O. The number of hydrogen-bond donors (Lipinski definition) is 2. The Morgan fingerprint density at radius 3 is 2.71 bits per heavy atom. The van der Waals surface area contributed by atoms with Crippen LogP contribution >= 0.6 is 24.8 Å². The molecule has 2 aromatic heterocycles. The fraction of sp³-hybridized carbons (Fsp3) is 0.368. The molecule has 0 radical (unpaired) electrons. The molecule has 1 aromatic carbocycles. The van der Waals surface area contributed by atoms with E-state index in [1.54, 1.807) is 10.9 Å². The summed E-state index contributed by atoms with van der Waals surface area (Å²) in [5.41, 5.74) is 7.55. The van der Waals surface area contributed by atoms with Gasteiger partial charge in [0.25, 0.3) is 5.91 Å². The zero-order chi connectivity index (χ0) is 18.1. The maximum atomic E-state index is 12.8. The molecule has 0 bridgehead atoms. The Bertz CT molecular complexity index is 963. The topological polar surface area (TPSA) is 98.7 Å². The third-order valence-corrected chi connectivity index (χ3v) is 5.33. The van der Waals surface area contributed by atoms with Crippen molar-refractivity contribution in [3.8, 4) is 5.69 Å². The van der Waals surface area contributed by atoms with Crippen LogP contribution in [0.3, 0.4) is 0 Å². The van der Waals surface area contributed by atoms with E-state index in [2.05, 4.69) is 20.6 Å². The number of rotatable bonds is 4. The molecule has 0 spiro atoms. The number of benzene rings is 1. The quantitative estimate of drug-likeness (QED) is 0.672. The molecule has 0 saturated heterocycles.